The number of amides is 1. The summed E-state index contributed by atoms with van der Waals surface area (Å²) in [5.41, 5.74) is 3.67. The Balaban J connectivity index is 1.57. The molecular formula is C21H29FN4O. The fraction of sp³-hybridized carbons (Fsp3) is 0.524. The summed E-state index contributed by atoms with van der Waals surface area (Å²) in [6.07, 6.45) is 5.17. The maximum atomic E-state index is 13.1. The average Bonchev–Trinajstić information content (AvgIpc) is 2.94. The van der Waals surface area contributed by atoms with Crippen molar-refractivity contribution < 1.29 is 9.18 Å². The minimum absolute atomic E-state index is 0.0855. The van der Waals surface area contributed by atoms with Crippen LogP contribution in [-0.2, 0) is 11.3 Å². The van der Waals surface area contributed by atoms with Crippen molar-refractivity contribution >= 4 is 5.91 Å². The molecule has 0 unspecified atom stereocenters. The van der Waals surface area contributed by atoms with Crippen molar-refractivity contribution in [3.05, 3.63) is 47.0 Å². The molecule has 1 atom stereocenters. The van der Waals surface area contributed by atoms with E-state index in [4.69, 9.17) is 0 Å². The Morgan fingerprint density at radius 1 is 1.26 bits per heavy atom. The molecule has 1 amide bonds. The number of aryl methyl sites for hydroxylation is 1. The molecule has 1 fully saturated rings. The van der Waals surface area contributed by atoms with Gasteiger partial charge in [-0.1, -0.05) is 6.42 Å². The van der Waals surface area contributed by atoms with Crippen molar-refractivity contribution in [1.82, 2.24) is 20.0 Å². The van der Waals surface area contributed by atoms with E-state index in [0.29, 0.717) is 19.0 Å². The summed E-state index contributed by atoms with van der Waals surface area (Å²) in [5, 5.41) is 7.59. The van der Waals surface area contributed by atoms with E-state index in [1.54, 1.807) is 16.8 Å². The van der Waals surface area contributed by atoms with Crippen molar-refractivity contribution in [2.75, 3.05) is 13.6 Å². The van der Waals surface area contributed by atoms with Crippen LogP contribution in [-0.4, -0.2) is 40.2 Å². The second-order valence-corrected chi connectivity index (χ2v) is 7.48. The minimum atomic E-state index is -0.267. The Morgan fingerprint density at radius 3 is 2.70 bits per heavy atom. The highest BCUT2D eigenvalue weighted by Gasteiger charge is 2.20. The lowest BCUT2D eigenvalue weighted by atomic mass is 9.98. The predicted molar refractivity (Wildman–Crippen MR) is 104 cm³/mol. The molecule has 5 nitrogen and oxygen atoms in total. The first kappa shape index (κ1) is 19.5. The Bertz CT molecular complexity index is 784. The average molecular weight is 372 g/mol. The normalized spacial score (nSPS) is 17.9. The van der Waals surface area contributed by atoms with Gasteiger partial charge in [-0.2, -0.15) is 5.10 Å². The molecule has 27 heavy (non-hydrogen) atoms. The number of carbonyl (C=O) groups is 1. The van der Waals surface area contributed by atoms with Gasteiger partial charge in [0.25, 0.3) is 0 Å². The van der Waals surface area contributed by atoms with E-state index in [2.05, 4.69) is 22.4 Å². The molecule has 2 aromatic rings. The lowest BCUT2D eigenvalue weighted by molar-refractivity contribution is -0.121. The third-order valence-electron chi connectivity index (χ3n) is 5.60. The quantitative estimate of drug-likeness (QED) is 0.844. The van der Waals surface area contributed by atoms with Crippen LogP contribution in [0.25, 0.3) is 5.69 Å². The summed E-state index contributed by atoms with van der Waals surface area (Å²) in [5.74, 6) is -0.182. The van der Waals surface area contributed by atoms with E-state index >= 15 is 0 Å². The number of nitrogens with zero attached hydrogens (tertiary/aromatic N) is 3. The predicted octanol–water partition coefficient (Wildman–Crippen LogP) is 3.51. The third-order valence-corrected chi connectivity index (χ3v) is 5.60. The lowest BCUT2D eigenvalue weighted by Crippen LogP contribution is -2.37. The van der Waals surface area contributed by atoms with E-state index in [9.17, 15) is 9.18 Å². The highest BCUT2D eigenvalue weighted by atomic mass is 19.1. The SMILES string of the molecule is Cc1nn(-c2ccc(F)cc2)c(C)c1CNC(=O)CC[C@@H]1CCCCN1C. The monoisotopic (exact) mass is 372 g/mol. The fourth-order valence-electron chi connectivity index (χ4n) is 3.85. The van der Waals surface area contributed by atoms with Crippen molar-refractivity contribution in [3.8, 4) is 5.69 Å². The molecule has 1 N–H and O–H groups in total. The summed E-state index contributed by atoms with van der Waals surface area (Å²) < 4.78 is 14.9. The van der Waals surface area contributed by atoms with Gasteiger partial charge in [-0.05, 0) is 71.0 Å². The van der Waals surface area contributed by atoms with Gasteiger partial charge >= 0.3 is 0 Å². The molecule has 0 saturated carbocycles. The number of hydrogen-bond acceptors (Lipinski definition) is 3. The van der Waals surface area contributed by atoms with Crippen LogP contribution in [0.15, 0.2) is 24.3 Å². The number of piperidine rings is 1. The molecule has 0 spiro atoms. The van der Waals surface area contributed by atoms with Gasteiger partial charge in [-0.3, -0.25) is 4.79 Å². The van der Waals surface area contributed by atoms with Gasteiger partial charge in [0.15, 0.2) is 0 Å². The summed E-state index contributed by atoms with van der Waals surface area (Å²) in [6, 6.07) is 6.79. The number of likely N-dealkylation sites (tertiary alicyclic amines) is 1. The van der Waals surface area contributed by atoms with E-state index in [0.717, 1.165) is 35.6 Å². The van der Waals surface area contributed by atoms with E-state index < -0.39 is 0 Å². The molecule has 3 rings (SSSR count). The molecule has 0 aliphatic carbocycles. The van der Waals surface area contributed by atoms with Crippen LogP contribution >= 0.6 is 0 Å². The Hall–Kier alpha value is -2.21. The first-order valence-electron chi connectivity index (χ1n) is 9.73. The van der Waals surface area contributed by atoms with Gasteiger partial charge in [-0.25, -0.2) is 9.07 Å². The summed E-state index contributed by atoms with van der Waals surface area (Å²) in [4.78, 5) is 14.7. The van der Waals surface area contributed by atoms with Crippen LogP contribution in [0.1, 0.15) is 49.1 Å². The van der Waals surface area contributed by atoms with Gasteiger partial charge in [0, 0.05) is 30.3 Å². The van der Waals surface area contributed by atoms with Gasteiger partial charge in [0.05, 0.1) is 11.4 Å². The van der Waals surface area contributed by atoms with Crippen molar-refractivity contribution in [3.63, 3.8) is 0 Å². The first-order chi connectivity index (χ1) is 13.0. The maximum Gasteiger partial charge on any atom is 0.220 e. The number of aromatic nitrogens is 2. The maximum absolute atomic E-state index is 13.1. The minimum Gasteiger partial charge on any atom is -0.352 e. The second kappa shape index (κ2) is 8.65. The van der Waals surface area contributed by atoms with Gasteiger partial charge in [0.2, 0.25) is 5.91 Å². The van der Waals surface area contributed by atoms with Gasteiger partial charge < -0.3 is 10.2 Å². The summed E-state index contributed by atoms with van der Waals surface area (Å²) in [7, 11) is 2.15. The molecule has 1 aromatic heterocycles. The second-order valence-electron chi connectivity index (χ2n) is 7.48. The number of hydrogen-bond donors (Lipinski definition) is 1. The topological polar surface area (TPSA) is 50.2 Å². The standard InChI is InChI=1S/C21H29FN4O/c1-15-20(16(2)26(24-15)19-9-7-17(22)8-10-19)14-23-21(27)12-11-18-6-4-5-13-25(18)3/h7-10,18H,4-6,11-14H2,1-3H3,(H,23,27)/t18-/m0/s1. The van der Waals surface area contributed by atoms with Crippen LogP contribution in [0.3, 0.4) is 0 Å². The highest BCUT2D eigenvalue weighted by Crippen LogP contribution is 2.20. The van der Waals surface area contributed by atoms with Gasteiger partial charge in [0.1, 0.15) is 5.82 Å². The smallest absolute Gasteiger partial charge is 0.220 e. The molecule has 6 heteroatoms. The number of carbonyl (C=O) groups excluding carboxylic acids is 1. The lowest BCUT2D eigenvalue weighted by Gasteiger charge is -2.32. The summed E-state index contributed by atoms with van der Waals surface area (Å²) >= 11 is 0. The van der Waals surface area contributed by atoms with E-state index in [1.807, 2.05) is 13.8 Å². The first-order valence-corrected chi connectivity index (χ1v) is 9.73. The molecule has 1 aromatic carbocycles. The summed E-state index contributed by atoms with van der Waals surface area (Å²) in [6.45, 7) is 5.51. The van der Waals surface area contributed by atoms with Crippen LogP contribution in [0.5, 0.6) is 0 Å². The Morgan fingerprint density at radius 2 is 2.00 bits per heavy atom. The molecule has 0 bridgehead atoms. The molecule has 2 heterocycles. The number of halogens is 1. The molecule has 146 valence electrons. The Labute approximate surface area is 160 Å². The van der Waals surface area contributed by atoms with Crippen molar-refractivity contribution in [2.45, 2.75) is 58.5 Å². The molecule has 1 aliphatic rings. The van der Waals surface area contributed by atoms with Crippen LogP contribution in [0, 0.1) is 19.7 Å². The van der Waals surface area contributed by atoms with Crippen LogP contribution in [0.4, 0.5) is 4.39 Å². The molecular weight excluding hydrogens is 343 g/mol. The number of rotatable bonds is 6. The molecule has 1 aliphatic heterocycles. The van der Waals surface area contributed by atoms with E-state index in [-0.39, 0.29) is 11.7 Å². The Kier molecular flexibility index (Phi) is 6.26. The number of benzene rings is 1. The fourth-order valence-corrected chi connectivity index (χ4v) is 3.85. The van der Waals surface area contributed by atoms with E-state index in [1.165, 1.54) is 31.4 Å². The zero-order valence-electron chi connectivity index (χ0n) is 16.5. The molecule has 1 saturated heterocycles. The zero-order valence-corrected chi connectivity index (χ0v) is 16.5. The van der Waals surface area contributed by atoms with Crippen molar-refractivity contribution in [1.29, 1.82) is 0 Å². The largest absolute Gasteiger partial charge is 0.352 e. The van der Waals surface area contributed by atoms with Crippen LogP contribution in [0.2, 0.25) is 0 Å². The molecule has 0 radical (unpaired) electrons. The number of nitrogens with one attached hydrogen (secondary N) is 1. The highest BCUT2D eigenvalue weighted by molar-refractivity contribution is 5.75. The van der Waals surface area contributed by atoms with Crippen molar-refractivity contribution in [2.24, 2.45) is 0 Å². The van der Waals surface area contributed by atoms with Gasteiger partial charge in [-0.15, -0.1) is 0 Å². The van der Waals surface area contributed by atoms with Crippen LogP contribution < -0.4 is 5.32 Å². The zero-order chi connectivity index (χ0) is 19.4. The third kappa shape index (κ3) is 4.75.